The third-order valence-corrected chi connectivity index (χ3v) is 4.63. The van der Waals surface area contributed by atoms with Crippen LogP contribution >= 0.6 is 0 Å². The van der Waals surface area contributed by atoms with E-state index in [1.807, 2.05) is 13.8 Å². The Kier molecular flexibility index (Phi) is 4.29. The molecule has 0 spiro atoms. The van der Waals surface area contributed by atoms with Gasteiger partial charge in [0.1, 0.15) is 17.3 Å². The normalized spacial score (nSPS) is 24.3. The molecule has 0 saturated heterocycles. The van der Waals surface area contributed by atoms with E-state index in [0.717, 1.165) is 37.1 Å². The van der Waals surface area contributed by atoms with Gasteiger partial charge in [0.25, 0.3) is 5.91 Å². The third-order valence-electron chi connectivity index (χ3n) is 4.63. The Bertz CT molecular complexity index is 574. The minimum atomic E-state index is -0.112. The Morgan fingerprint density at radius 3 is 2.91 bits per heavy atom. The molecule has 1 aliphatic carbocycles. The average Bonchev–Trinajstić information content (AvgIpc) is 2.95. The fourth-order valence-electron chi connectivity index (χ4n) is 3.31. The summed E-state index contributed by atoms with van der Waals surface area (Å²) in [6.45, 7) is 4.87. The number of aliphatic hydroxyl groups excluding tert-OH is 1. The summed E-state index contributed by atoms with van der Waals surface area (Å²) >= 11 is 0. The number of fused-ring (bicyclic) bond motifs is 1. The highest BCUT2D eigenvalue weighted by atomic mass is 16.3. The topological polar surface area (TPSA) is 87.1 Å². The summed E-state index contributed by atoms with van der Waals surface area (Å²) < 4.78 is 0. The first-order valence-corrected chi connectivity index (χ1v) is 8.16. The lowest BCUT2D eigenvalue weighted by atomic mass is 10.0. The van der Waals surface area contributed by atoms with E-state index in [0.29, 0.717) is 18.1 Å². The predicted octanol–water partition coefficient (Wildman–Crippen LogP) is 1.46. The number of carbonyl (C=O) groups excluding carboxylic acids is 1. The lowest BCUT2D eigenvalue weighted by Crippen LogP contribution is -2.35. The molecule has 1 aliphatic heterocycles. The van der Waals surface area contributed by atoms with Crippen LogP contribution in [0.5, 0.6) is 0 Å². The molecule has 2 aliphatic rings. The van der Waals surface area contributed by atoms with Gasteiger partial charge in [-0.1, -0.05) is 20.3 Å². The molecule has 0 aromatic carbocycles. The molecule has 1 aromatic heterocycles. The van der Waals surface area contributed by atoms with E-state index in [-0.39, 0.29) is 30.4 Å². The second-order valence-electron chi connectivity index (χ2n) is 6.54. The maximum atomic E-state index is 12.1. The largest absolute Gasteiger partial charge is 0.396 e. The monoisotopic (exact) mass is 304 g/mol. The maximum Gasteiger partial charge on any atom is 0.270 e. The number of nitrogens with zero attached hydrogens (tertiary/aromatic N) is 2. The molecule has 1 fully saturated rings. The van der Waals surface area contributed by atoms with Crippen molar-refractivity contribution in [3.63, 3.8) is 0 Å². The summed E-state index contributed by atoms with van der Waals surface area (Å²) in [6, 6.07) is 0.231. The van der Waals surface area contributed by atoms with Crippen molar-refractivity contribution in [1.29, 1.82) is 0 Å². The van der Waals surface area contributed by atoms with Crippen LogP contribution in [0.15, 0.2) is 0 Å². The van der Waals surface area contributed by atoms with Crippen LogP contribution in [0.3, 0.4) is 0 Å². The SMILES string of the molecule is CC(C)c1nc(N[C@H]2CCC[C@H]2CO)c2c(n1)C(=O)NCC2. The fraction of sp³-hybridized carbons (Fsp3) is 0.688. The van der Waals surface area contributed by atoms with E-state index >= 15 is 0 Å². The van der Waals surface area contributed by atoms with Crippen LogP contribution in [0.1, 0.15) is 60.9 Å². The number of amides is 1. The Hall–Kier alpha value is -1.69. The predicted molar refractivity (Wildman–Crippen MR) is 84.0 cm³/mol. The molecule has 120 valence electrons. The number of nitrogens with one attached hydrogen (secondary N) is 2. The second kappa shape index (κ2) is 6.20. The van der Waals surface area contributed by atoms with Crippen molar-refractivity contribution >= 4 is 11.7 Å². The van der Waals surface area contributed by atoms with Gasteiger partial charge in [0, 0.05) is 36.6 Å². The highest BCUT2D eigenvalue weighted by Gasteiger charge is 2.30. The zero-order valence-electron chi connectivity index (χ0n) is 13.2. The van der Waals surface area contributed by atoms with Crippen molar-refractivity contribution in [2.45, 2.75) is 51.5 Å². The molecule has 1 saturated carbocycles. The number of carbonyl (C=O) groups is 1. The van der Waals surface area contributed by atoms with Gasteiger partial charge in [-0.05, 0) is 19.3 Å². The molecular weight excluding hydrogens is 280 g/mol. The summed E-state index contributed by atoms with van der Waals surface area (Å²) in [7, 11) is 0. The quantitative estimate of drug-likeness (QED) is 0.784. The van der Waals surface area contributed by atoms with Crippen LogP contribution in [-0.2, 0) is 6.42 Å². The summed E-state index contributed by atoms with van der Waals surface area (Å²) in [6.07, 6.45) is 3.94. The second-order valence-corrected chi connectivity index (χ2v) is 6.54. The number of rotatable bonds is 4. The number of aromatic nitrogens is 2. The van der Waals surface area contributed by atoms with Crippen LogP contribution in [0, 0.1) is 5.92 Å². The van der Waals surface area contributed by atoms with E-state index in [1.54, 1.807) is 0 Å². The summed E-state index contributed by atoms with van der Waals surface area (Å²) in [4.78, 5) is 21.2. The number of aliphatic hydroxyl groups is 1. The summed E-state index contributed by atoms with van der Waals surface area (Å²) in [5.74, 6) is 1.80. The lowest BCUT2D eigenvalue weighted by molar-refractivity contribution is 0.0940. The zero-order valence-corrected chi connectivity index (χ0v) is 13.2. The highest BCUT2D eigenvalue weighted by molar-refractivity contribution is 5.96. The molecule has 1 aromatic rings. The Morgan fingerprint density at radius 1 is 1.36 bits per heavy atom. The van der Waals surface area contributed by atoms with Crippen LogP contribution in [0.4, 0.5) is 5.82 Å². The molecule has 2 heterocycles. The number of anilines is 1. The molecule has 6 heteroatoms. The average molecular weight is 304 g/mol. The first-order chi connectivity index (χ1) is 10.6. The minimum Gasteiger partial charge on any atom is -0.396 e. The van der Waals surface area contributed by atoms with Crippen molar-refractivity contribution in [3.8, 4) is 0 Å². The molecule has 0 radical (unpaired) electrons. The van der Waals surface area contributed by atoms with Crippen LogP contribution in [-0.4, -0.2) is 40.2 Å². The van der Waals surface area contributed by atoms with Gasteiger partial charge in [-0.2, -0.15) is 0 Å². The zero-order chi connectivity index (χ0) is 15.7. The van der Waals surface area contributed by atoms with Gasteiger partial charge in [0.2, 0.25) is 0 Å². The van der Waals surface area contributed by atoms with Crippen LogP contribution < -0.4 is 10.6 Å². The van der Waals surface area contributed by atoms with Gasteiger partial charge in [-0.15, -0.1) is 0 Å². The van der Waals surface area contributed by atoms with Gasteiger partial charge >= 0.3 is 0 Å². The van der Waals surface area contributed by atoms with E-state index in [2.05, 4.69) is 20.6 Å². The van der Waals surface area contributed by atoms with Gasteiger partial charge in [-0.25, -0.2) is 9.97 Å². The van der Waals surface area contributed by atoms with Gasteiger partial charge in [0.05, 0.1) is 0 Å². The summed E-state index contributed by atoms with van der Waals surface area (Å²) in [5.41, 5.74) is 1.42. The summed E-state index contributed by atoms with van der Waals surface area (Å²) in [5, 5.41) is 15.8. The van der Waals surface area contributed by atoms with Gasteiger partial charge in [-0.3, -0.25) is 4.79 Å². The van der Waals surface area contributed by atoms with Crippen molar-refractivity contribution in [1.82, 2.24) is 15.3 Å². The Balaban J connectivity index is 1.96. The molecule has 1 amide bonds. The smallest absolute Gasteiger partial charge is 0.270 e. The fourth-order valence-corrected chi connectivity index (χ4v) is 3.31. The highest BCUT2D eigenvalue weighted by Crippen LogP contribution is 2.30. The Morgan fingerprint density at radius 2 is 2.18 bits per heavy atom. The molecule has 6 nitrogen and oxygen atoms in total. The van der Waals surface area contributed by atoms with Crippen LogP contribution in [0.25, 0.3) is 0 Å². The van der Waals surface area contributed by atoms with Crippen molar-refractivity contribution in [2.24, 2.45) is 5.92 Å². The first-order valence-electron chi connectivity index (χ1n) is 8.16. The molecule has 0 unspecified atom stereocenters. The molecule has 0 bridgehead atoms. The lowest BCUT2D eigenvalue weighted by Gasteiger charge is -2.25. The van der Waals surface area contributed by atoms with Crippen LogP contribution in [0.2, 0.25) is 0 Å². The Labute approximate surface area is 130 Å². The maximum absolute atomic E-state index is 12.1. The van der Waals surface area contributed by atoms with E-state index < -0.39 is 0 Å². The molecule has 22 heavy (non-hydrogen) atoms. The minimum absolute atomic E-state index is 0.112. The van der Waals surface area contributed by atoms with Crippen molar-refractivity contribution in [2.75, 3.05) is 18.5 Å². The third kappa shape index (κ3) is 2.79. The van der Waals surface area contributed by atoms with E-state index in [9.17, 15) is 9.90 Å². The molecular formula is C16H24N4O2. The van der Waals surface area contributed by atoms with Gasteiger partial charge in [0.15, 0.2) is 0 Å². The van der Waals surface area contributed by atoms with E-state index in [1.165, 1.54) is 0 Å². The molecule has 2 atom stereocenters. The van der Waals surface area contributed by atoms with Gasteiger partial charge < -0.3 is 15.7 Å². The van der Waals surface area contributed by atoms with Crippen molar-refractivity contribution in [3.05, 3.63) is 17.1 Å². The standard InChI is InChI=1S/C16H24N4O2/c1-9(2)14-19-13-11(6-7-17-16(13)22)15(20-14)18-12-5-3-4-10(12)8-21/h9-10,12,21H,3-8H2,1-2H3,(H,17,22)(H,18,19,20)/t10-,12-/m0/s1. The number of hydrogen-bond acceptors (Lipinski definition) is 5. The molecule has 3 rings (SSSR count). The molecule has 3 N–H and O–H groups in total. The van der Waals surface area contributed by atoms with E-state index in [4.69, 9.17) is 0 Å². The van der Waals surface area contributed by atoms with Crippen molar-refractivity contribution < 1.29 is 9.90 Å². The first kappa shape index (κ1) is 15.2. The number of hydrogen-bond donors (Lipinski definition) is 3.